The summed E-state index contributed by atoms with van der Waals surface area (Å²) in [6.45, 7) is 3.10. The number of rotatable bonds is 5. The largest absolute Gasteiger partial charge is 0.463 e. The average Bonchev–Trinajstić information content (AvgIpc) is 2.82. The lowest BCUT2D eigenvalue weighted by Crippen LogP contribution is -2.43. The predicted molar refractivity (Wildman–Crippen MR) is 80.8 cm³/mol. The fraction of sp³-hybridized carbons (Fsp3) is 0.571. The molecule has 0 bridgehead atoms. The molecule has 0 radical (unpaired) electrons. The van der Waals surface area contributed by atoms with Crippen molar-refractivity contribution in [2.45, 2.75) is 45.3 Å². The summed E-state index contributed by atoms with van der Waals surface area (Å²) >= 11 is 0. The molecule has 26 heavy (non-hydrogen) atoms. The summed E-state index contributed by atoms with van der Waals surface area (Å²) in [4.78, 5) is 59.1. The monoisotopic (exact) mass is 371 g/mol. The Labute approximate surface area is 146 Å². The average molecular weight is 371 g/mol. The summed E-state index contributed by atoms with van der Waals surface area (Å²) in [5.41, 5.74) is -1.66. The van der Waals surface area contributed by atoms with E-state index in [1.165, 1.54) is 6.92 Å². The van der Waals surface area contributed by atoms with Gasteiger partial charge in [0.15, 0.2) is 18.4 Å². The van der Waals surface area contributed by atoms with E-state index in [9.17, 15) is 24.0 Å². The van der Waals surface area contributed by atoms with Gasteiger partial charge in [0.2, 0.25) is 0 Å². The van der Waals surface area contributed by atoms with Gasteiger partial charge in [-0.25, -0.2) is 4.79 Å². The molecule has 4 atom stereocenters. The third kappa shape index (κ3) is 4.53. The Kier molecular flexibility index (Phi) is 5.87. The van der Waals surface area contributed by atoms with Crippen LogP contribution in [0.3, 0.4) is 0 Å². The predicted octanol–water partition coefficient (Wildman–Crippen LogP) is -1.74. The van der Waals surface area contributed by atoms with E-state index in [0.717, 1.165) is 24.7 Å². The van der Waals surface area contributed by atoms with Gasteiger partial charge in [-0.2, -0.15) is 9.78 Å². The highest BCUT2D eigenvalue weighted by Gasteiger charge is 2.51. The Morgan fingerprint density at radius 2 is 1.73 bits per heavy atom. The molecule has 1 fully saturated rings. The number of aromatic nitrogens is 3. The van der Waals surface area contributed by atoms with Crippen LogP contribution in [0.15, 0.2) is 15.8 Å². The van der Waals surface area contributed by atoms with Crippen LogP contribution in [0.2, 0.25) is 0 Å². The molecule has 142 valence electrons. The van der Waals surface area contributed by atoms with Crippen molar-refractivity contribution in [1.29, 1.82) is 0 Å². The molecule has 0 aromatic carbocycles. The topological polar surface area (TPSA) is 156 Å². The van der Waals surface area contributed by atoms with Gasteiger partial charge >= 0.3 is 23.6 Å². The molecular formula is C14H17N3O9. The van der Waals surface area contributed by atoms with Crippen LogP contribution >= 0.6 is 0 Å². The third-order valence-electron chi connectivity index (χ3n) is 3.32. The Balaban J connectivity index is 2.41. The minimum Gasteiger partial charge on any atom is -0.463 e. The lowest BCUT2D eigenvalue weighted by molar-refractivity contribution is -0.166. The molecule has 0 spiro atoms. The number of carbonyl (C=O) groups is 3. The van der Waals surface area contributed by atoms with Crippen LogP contribution < -0.4 is 11.2 Å². The maximum absolute atomic E-state index is 12.0. The normalized spacial score (nSPS) is 24.7. The van der Waals surface area contributed by atoms with E-state index in [1.807, 2.05) is 4.98 Å². The summed E-state index contributed by atoms with van der Waals surface area (Å²) in [7, 11) is 0. The van der Waals surface area contributed by atoms with Crippen LogP contribution in [-0.2, 0) is 33.3 Å². The first-order chi connectivity index (χ1) is 12.2. The van der Waals surface area contributed by atoms with Gasteiger partial charge in [0.1, 0.15) is 18.9 Å². The number of carbonyl (C=O) groups excluding carboxylic acids is 3. The summed E-state index contributed by atoms with van der Waals surface area (Å²) in [6, 6.07) is 0. The molecule has 2 heterocycles. The highest BCUT2D eigenvalue weighted by molar-refractivity contribution is 5.67. The highest BCUT2D eigenvalue weighted by Crippen LogP contribution is 2.33. The lowest BCUT2D eigenvalue weighted by Gasteiger charge is -2.23. The van der Waals surface area contributed by atoms with E-state index < -0.39 is 53.7 Å². The maximum atomic E-state index is 12.0. The van der Waals surface area contributed by atoms with Crippen molar-refractivity contribution < 1.29 is 33.3 Å². The summed E-state index contributed by atoms with van der Waals surface area (Å²) < 4.78 is 21.5. The van der Waals surface area contributed by atoms with Crippen LogP contribution in [0.25, 0.3) is 0 Å². The smallest absolute Gasteiger partial charge is 0.347 e. The quantitative estimate of drug-likeness (QED) is 0.465. The van der Waals surface area contributed by atoms with Crippen LogP contribution in [0.5, 0.6) is 0 Å². The zero-order valence-corrected chi connectivity index (χ0v) is 14.2. The minimum absolute atomic E-state index is 0.320. The molecule has 1 aliphatic rings. The number of H-pyrrole nitrogens is 1. The van der Waals surface area contributed by atoms with Crippen molar-refractivity contribution in [2.75, 3.05) is 6.61 Å². The van der Waals surface area contributed by atoms with Crippen LogP contribution in [0.1, 0.15) is 27.0 Å². The second-order valence-corrected chi connectivity index (χ2v) is 5.40. The molecule has 1 aliphatic heterocycles. The molecule has 0 aliphatic carbocycles. The first-order valence-electron chi connectivity index (χ1n) is 7.50. The van der Waals surface area contributed by atoms with Crippen molar-refractivity contribution in [1.82, 2.24) is 14.8 Å². The number of ether oxygens (including phenoxy) is 4. The van der Waals surface area contributed by atoms with Gasteiger partial charge in [-0.1, -0.05) is 0 Å². The first kappa shape index (κ1) is 19.3. The molecule has 12 heteroatoms. The maximum Gasteiger partial charge on any atom is 0.347 e. The zero-order valence-electron chi connectivity index (χ0n) is 14.2. The van der Waals surface area contributed by atoms with Crippen molar-refractivity contribution in [3.8, 4) is 0 Å². The molecule has 1 aromatic rings. The van der Waals surface area contributed by atoms with Gasteiger partial charge in [0.25, 0.3) is 5.56 Å². The van der Waals surface area contributed by atoms with Crippen molar-refractivity contribution in [2.24, 2.45) is 0 Å². The first-order valence-corrected chi connectivity index (χ1v) is 7.50. The zero-order chi connectivity index (χ0) is 19.4. The molecule has 1 N–H and O–H groups in total. The van der Waals surface area contributed by atoms with Gasteiger partial charge < -0.3 is 18.9 Å². The number of esters is 3. The standard InChI is InChI=1S/C14H17N3O9/c1-6(18)23-5-9-11(24-7(2)19)12(25-8(3)20)13(26-9)17-14(22)16-10(21)4-15-17/h4,9,11-13H,5H2,1-3H3,(H,16,21,22)/t9-,11-,12-,13-/m0/s1. The number of aromatic amines is 1. The second-order valence-electron chi connectivity index (χ2n) is 5.40. The van der Waals surface area contributed by atoms with E-state index in [0.29, 0.717) is 0 Å². The summed E-state index contributed by atoms with van der Waals surface area (Å²) in [5, 5.41) is 3.66. The molecule has 1 saturated heterocycles. The van der Waals surface area contributed by atoms with Gasteiger partial charge in [0.05, 0.1) is 0 Å². The van der Waals surface area contributed by atoms with E-state index in [2.05, 4.69) is 5.10 Å². The number of hydrogen-bond donors (Lipinski definition) is 1. The molecular weight excluding hydrogens is 354 g/mol. The fourth-order valence-electron chi connectivity index (χ4n) is 2.43. The Morgan fingerprint density at radius 3 is 2.27 bits per heavy atom. The summed E-state index contributed by atoms with van der Waals surface area (Å²) in [6.07, 6.45) is -3.93. The van der Waals surface area contributed by atoms with Crippen molar-refractivity contribution in [3.63, 3.8) is 0 Å². The van der Waals surface area contributed by atoms with E-state index in [4.69, 9.17) is 18.9 Å². The molecule has 0 amide bonds. The number of nitrogens with one attached hydrogen (secondary N) is 1. The highest BCUT2D eigenvalue weighted by atomic mass is 16.7. The summed E-state index contributed by atoms with van der Waals surface area (Å²) in [5.74, 6) is -2.04. The molecule has 0 saturated carbocycles. The molecule has 1 aromatic heterocycles. The fourth-order valence-corrected chi connectivity index (χ4v) is 2.43. The van der Waals surface area contributed by atoms with Crippen molar-refractivity contribution in [3.05, 3.63) is 27.0 Å². The van der Waals surface area contributed by atoms with Crippen LogP contribution in [-0.4, -0.2) is 57.6 Å². The Hall–Kier alpha value is -3.02. The van der Waals surface area contributed by atoms with Crippen LogP contribution in [0, 0.1) is 0 Å². The number of nitrogens with zero attached hydrogens (tertiary/aromatic N) is 2. The lowest BCUT2D eigenvalue weighted by atomic mass is 10.1. The van der Waals surface area contributed by atoms with E-state index in [-0.39, 0.29) is 6.61 Å². The number of hydrogen-bond acceptors (Lipinski definition) is 10. The third-order valence-corrected chi connectivity index (χ3v) is 3.32. The van der Waals surface area contributed by atoms with Gasteiger partial charge in [-0.3, -0.25) is 24.2 Å². The van der Waals surface area contributed by atoms with E-state index in [1.54, 1.807) is 0 Å². The minimum atomic E-state index is -1.31. The van der Waals surface area contributed by atoms with E-state index >= 15 is 0 Å². The van der Waals surface area contributed by atoms with Crippen molar-refractivity contribution >= 4 is 17.9 Å². The molecule has 0 unspecified atom stereocenters. The van der Waals surface area contributed by atoms with Gasteiger partial charge in [0, 0.05) is 20.8 Å². The SMILES string of the molecule is CC(=O)OC[C@@H]1O[C@H](n2ncc(=O)[nH]c2=O)[C@@H](OC(C)=O)[C@H]1OC(C)=O. The van der Waals surface area contributed by atoms with Crippen LogP contribution in [0.4, 0.5) is 0 Å². The molecule has 12 nitrogen and oxygen atoms in total. The van der Waals surface area contributed by atoms with Gasteiger partial charge in [-0.15, -0.1) is 0 Å². The Morgan fingerprint density at radius 1 is 1.12 bits per heavy atom. The van der Waals surface area contributed by atoms with Gasteiger partial charge in [-0.05, 0) is 0 Å². The second kappa shape index (κ2) is 7.91. The molecule has 2 rings (SSSR count). The Bertz CT molecular complexity index is 814.